The number of aromatic nitrogens is 3. The Bertz CT molecular complexity index is 851. The average Bonchev–Trinajstić information content (AvgIpc) is 2.61. The van der Waals surface area contributed by atoms with E-state index in [1.54, 1.807) is 18.0 Å². The number of carbonyl (C=O) groups excluding carboxylic acids is 1. The third-order valence-corrected chi connectivity index (χ3v) is 4.33. The first-order valence-electron chi connectivity index (χ1n) is 8.23. The number of piperazine rings is 1. The van der Waals surface area contributed by atoms with E-state index >= 15 is 0 Å². The quantitative estimate of drug-likeness (QED) is 0.814. The van der Waals surface area contributed by atoms with Crippen molar-refractivity contribution in [3.8, 4) is 0 Å². The fourth-order valence-corrected chi connectivity index (χ4v) is 2.86. The van der Waals surface area contributed by atoms with Gasteiger partial charge in [0.15, 0.2) is 0 Å². The molecule has 0 spiro atoms. The number of rotatable bonds is 4. The van der Waals surface area contributed by atoms with Crippen LogP contribution in [0.5, 0.6) is 0 Å². The fourth-order valence-electron chi connectivity index (χ4n) is 2.86. The van der Waals surface area contributed by atoms with Crippen molar-refractivity contribution in [2.45, 2.75) is 20.0 Å². The number of aromatic amines is 1. The monoisotopic (exact) mass is 343 g/mol. The second kappa shape index (κ2) is 7.43. The molecule has 0 aromatic carbocycles. The van der Waals surface area contributed by atoms with E-state index in [4.69, 9.17) is 0 Å². The zero-order valence-electron chi connectivity index (χ0n) is 14.1. The number of nitrogens with zero attached hydrogens (tertiary/aromatic N) is 4. The Morgan fingerprint density at radius 2 is 1.96 bits per heavy atom. The predicted molar refractivity (Wildman–Crippen MR) is 92.2 cm³/mol. The minimum atomic E-state index is -0.558. The number of aryl methyl sites for hydroxylation is 1. The van der Waals surface area contributed by atoms with Gasteiger partial charge in [0, 0.05) is 50.7 Å². The first-order valence-corrected chi connectivity index (χ1v) is 8.23. The van der Waals surface area contributed by atoms with Crippen LogP contribution in [0.1, 0.15) is 11.3 Å². The first-order chi connectivity index (χ1) is 12.0. The molecule has 0 radical (unpaired) electrons. The number of hydrogen-bond donors (Lipinski definition) is 1. The summed E-state index contributed by atoms with van der Waals surface area (Å²) in [6, 6.07) is 5.84. The Kier molecular flexibility index (Phi) is 5.08. The lowest BCUT2D eigenvalue weighted by Gasteiger charge is -2.34. The van der Waals surface area contributed by atoms with Gasteiger partial charge in [-0.25, -0.2) is 4.79 Å². The normalized spacial score (nSPS) is 15.3. The fraction of sp³-hybridized carbons (Fsp3) is 0.412. The Morgan fingerprint density at radius 1 is 1.20 bits per heavy atom. The van der Waals surface area contributed by atoms with Crippen molar-refractivity contribution in [2.24, 2.45) is 0 Å². The van der Waals surface area contributed by atoms with Crippen LogP contribution >= 0.6 is 0 Å². The van der Waals surface area contributed by atoms with Gasteiger partial charge in [-0.2, -0.15) is 0 Å². The van der Waals surface area contributed by atoms with Crippen LogP contribution in [-0.4, -0.2) is 56.4 Å². The molecule has 0 bridgehead atoms. The summed E-state index contributed by atoms with van der Waals surface area (Å²) in [4.78, 5) is 46.1. The molecule has 25 heavy (non-hydrogen) atoms. The van der Waals surface area contributed by atoms with Gasteiger partial charge >= 0.3 is 5.69 Å². The molecule has 3 rings (SSSR count). The summed E-state index contributed by atoms with van der Waals surface area (Å²) in [7, 11) is 0. The Morgan fingerprint density at radius 3 is 2.64 bits per heavy atom. The topological polar surface area (TPSA) is 91.3 Å². The number of nitrogens with one attached hydrogen (secondary N) is 1. The van der Waals surface area contributed by atoms with Crippen LogP contribution in [0, 0.1) is 6.92 Å². The molecule has 3 heterocycles. The zero-order chi connectivity index (χ0) is 17.8. The summed E-state index contributed by atoms with van der Waals surface area (Å²) in [5.41, 5.74) is 0.444. The Balaban J connectivity index is 1.56. The molecular weight excluding hydrogens is 322 g/mol. The third kappa shape index (κ3) is 4.21. The lowest BCUT2D eigenvalue weighted by Crippen LogP contribution is -2.49. The maximum atomic E-state index is 12.4. The molecule has 2 aromatic heterocycles. The summed E-state index contributed by atoms with van der Waals surface area (Å²) in [6.07, 6.45) is 3.20. The molecule has 1 amide bonds. The van der Waals surface area contributed by atoms with Crippen LogP contribution in [0.15, 0.2) is 40.2 Å². The molecule has 0 unspecified atom stereocenters. The van der Waals surface area contributed by atoms with Gasteiger partial charge in [-0.05, 0) is 19.1 Å². The van der Waals surface area contributed by atoms with E-state index in [0.717, 1.165) is 25.3 Å². The minimum Gasteiger partial charge on any atom is -0.339 e. The largest absolute Gasteiger partial charge is 0.339 e. The molecule has 1 N–H and O–H groups in total. The summed E-state index contributed by atoms with van der Waals surface area (Å²) < 4.78 is 1.25. The van der Waals surface area contributed by atoms with Gasteiger partial charge in [0.25, 0.3) is 5.56 Å². The average molecular weight is 343 g/mol. The molecule has 8 nitrogen and oxygen atoms in total. The molecule has 1 saturated heterocycles. The van der Waals surface area contributed by atoms with Crippen LogP contribution in [0.2, 0.25) is 0 Å². The number of carbonyl (C=O) groups is 1. The van der Waals surface area contributed by atoms with Crippen LogP contribution < -0.4 is 11.2 Å². The Hall–Kier alpha value is -2.74. The summed E-state index contributed by atoms with van der Waals surface area (Å²) in [5, 5.41) is 0. The molecule has 0 atom stereocenters. The highest BCUT2D eigenvalue weighted by Crippen LogP contribution is 2.07. The standard InChI is InChI=1S/C17H21N5O3/c1-13-10-22(17(25)19-16(13)24)12-15(23)21-8-6-20(7-9-21)11-14-4-2-3-5-18-14/h2-5,10H,6-9,11-12H2,1H3,(H,19,24,25). The van der Waals surface area contributed by atoms with Crippen LogP contribution in [-0.2, 0) is 17.9 Å². The SMILES string of the molecule is Cc1cn(CC(=O)N2CCN(Cc3ccccn3)CC2)c(=O)[nH]c1=O. The second-order valence-electron chi connectivity index (χ2n) is 6.18. The van der Waals surface area contributed by atoms with E-state index in [2.05, 4.69) is 14.9 Å². The van der Waals surface area contributed by atoms with Gasteiger partial charge in [-0.1, -0.05) is 6.07 Å². The van der Waals surface area contributed by atoms with Crippen molar-refractivity contribution in [1.82, 2.24) is 24.3 Å². The lowest BCUT2D eigenvalue weighted by atomic mass is 10.2. The summed E-state index contributed by atoms with van der Waals surface area (Å²) in [6.45, 7) is 5.07. The van der Waals surface area contributed by atoms with Gasteiger partial charge in [-0.15, -0.1) is 0 Å². The van der Waals surface area contributed by atoms with E-state index in [-0.39, 0.29) is 12.5 Å². The molecule has 1 aliphatic rings. The van der Waals surface area contributed by atoms with Crippen molar-refractivity contribution < 1.29 is 4.79 Å². The highest BCUT2D eigenvalue weighted by atomic mass is 16.2. The van der Waals surface area contributed by atoms with Gasteiger partial charge in [0.2, 0.25) is 5.91 Å². The molecule has 2 aromatic rings. The molecule has 1 aliphatic heterocycles. The molecule has 1 fully saturated rings. The summed E-state index contributed by atoms with van der Waals surface area (Å²) >= 11 is 0. The third-order valence-electron chi connectivity index (χ3n) is 4.33. The summed E-state index contributed by atoms with van der Waals surface area (Å²) in [5.74, 6) is -0.119. The van der Waals surface area contributed by atoms with Gasteiger partial charge in [0.1, 0.15) is 6.54 Å². The number of H-pyrrole nitrogens is 1. The Labute approximate surface area is 144 Å². The maximum absolute atomic E-state index is 12.4. The maximum Gasteiger partial charge on any atom is 0.328 e. The first kappa shape index (κ1) is 17.1. The highest BCUT2D eigenvalue weighted by molar-refractivity contribution is 5.76. The van der Waals surface area contributed by atoms with Crippen LogP contribution in [0.25, 0.3) is 0 Å². The van der Waals surface area contributed by atoms with Gasteiger partial charge in [0.05, 0.1) is 5.69 Å². The highest BCUT2D eigenvalue weighted by Gasteiger charge is 2.21. The number of amides is 1. The van der Waals surface area contributed by atoms with Crippen molar-refractivity contribution in [3.05, 3.63) is 62.7 Å². The van der Waals surface area contributed by atoms with Crippen LogP contribution in [0.4, 0.5) is 0 Å². The van der Waals surface area contributed by atoms with E-state index in [0.29, 0.717) is 18.7 Å². The van der Waals surface area contributed by atoms with E-state index in [1.807, 2.05) is 18.2 Å². The van der Waals surface area contributed by atoms with E-state index < -0.39 is 11.2 Å². The lowest BCUT2D eigenvalue weighted by molar-refractivity contribution is -0.133. The molecule has 0 aliphatic carbocycles. The number of pyridine rings is 1. The minimum absolute atomic E-state index is 0.0588. The molecule has 132 valence electrons. The molecule has 8 heteroatoms. The van der Waals surface area contributed by atoms with Crippen molar-refractivity contribution in [1.29, 1.82) is 0 Å². The van der Waals surface area contributed by atoms with Crippen molar-refractivity contribution in [3.63, 3.8) is 0 Å². The van der Waals surface area contributed by atoms with Crippen LogP contribution in [0.3, 0.4) is 0 Å². The molecule has 0 saturated carbocycles. The van der Waals surface area contributed by atoms with Crippen molar-refractivity contribution in [2.75, 3.05) is 26.2 Å². The smallest absolute Gasteiger partial charge is 0.328 e. The van der Waals surface area contributed by atoms with Gasteiger partial charge < -0.3 is 4.90 Å². The predicted octanol–water partition coefficient (Wildman–Crippen LogP) is -0.416. The zero-order valence-corrected chi connectivity index (χ0v) is 14.1. The molecular formula is C17H21N5O3. The second-order valence-corrected chi connectivity index (χ2v) is 6.18. The number of hydrogen-bond acceptors (Lipinski definition) is 5. The van der Waals surface area contributed by atoms with Gasteiger partial charge in [-0.3, -0.25) is 29.0 Å². The van der Waals surface area contributed by atoms with Crippen molar-refractivity contribution >= 4 is 5.91 Å². The van der Waals surface area contributed by atoms with E-state index in [1.165, 1.54) is 10.8 Å². The van der Waals surface area contributed by atoms with E-state index in [9.17, 15) is 14.4 Å².